The molecule has 106 valence electrons. The lowest BCUT2D eigenvalue weighted by Gasteiger charge is -2.12. The number of hydrogen-bond donors (Lipinski definition) is 1. The van der Waals surface area contributed by atoms with Gasteiger partial charge in [0, 0.05) is 23.7 Å². The first kappa shape index (κ1) is 13.5. The second-order valence-corrected chi connectivity index (χ2v) is 4.91. The molecule has 0 radical (unpaired) electrons. The summed E-state index contributed by atoms with van der Waals surface area (Å²) in [7, 11) is 0. The molecule has 0 saturated heterocycles. The number of halogens is 1. The lowest BCUT2D eigenvalue weighted by Crippen LogP contribution is -2.20. The Morgan fingerprint density at radius 1 is 0.952 bits per heavy atom. The summed E-state index contributed by atoms with van der Waals surface area (Å²) in [5.74, 6) is -0.333. The van der Waals surface area contributed by atoms with E-state index in [4.69, 9.17) is 5.73 Å². The van der Waals surface area contributed by atoms with Crippen molar-refractivity contribution in [2.75, 3.05) is 0 Å². The van der Waals surface area contributed by atoms with Crippen molar-refractivity contribution < 1.29 is 4.39 Å². The highest BCUT2D eigenvalue weighted by molar-refractivity contribution is 5.78. The topological polar surface area (TPSA) is 48.0 Å². The van der Waals surface area contributed by atoms with E-state index in [1.165, 1.54) is 6.07 Å². The van der Waals surface area contributed by atoms with Crippen LogP contribution in [-0.4, -0.2) is 4.57 Å². The van der Waals surface area contributed by atoms with Crippen molar-refractivity contribution in [2.24, 2.45) is 5.73 Å². The molecule has 2 aromatic carbocycles. The van der Waals surface area contributed by atoms with E-state index in [2.05, 4.69) is 0 Å². The highest BCUT2D eigenvalue weighted by atomic mass is 19.1. The van der Waals surface area contributed by atoms with Gasteiger partial charge in [-0.1, -0.05) is 36.4 Å². The molecular formula is C17H15FN2O. The Balaban J connectivity index is 2.15. The number of benzene rings is 2. The summed E-state index contributed by atoms with van der Waals surface area (Å²) in [5, 5.41) is 0.951. The molecule has 0 unspecified atom stereocenters. The monoisotopic (exact) mass is 282 g/mol. The van der Waals surface area contributed by atoms with Gasteiger partial charge in [-0.05, 0) is 17.5 Å². The molecule has 0 aliphatic heterocycles. The molecule has 0 aliphatic rings. The predicted molar refractivity (Wildman–Crippen MR) is 81.6 cm³/mol. The number of rotatable bonds is 3. The first-order chi connectivity index (χ1) is 10.2. The third-order valence-electron chi connectivity index (χ3n) is 3.61. The van der Waals surface area contributed by atoms with Gasteiger partial charge in [0.15, 0.2) is 0 Å². The Morgan fingerprint density at radius 3 is 2.52 bits per heavy atom. The number of nitrogens with zero attached hydrogens (tertiary/aromatic N) is 1. The van der Waals surface area contributed by atoms with Gasteiger partial charge in [0.05, 0.1) is 12.1 Å². The van der Waals surface area contributed by atoms with Crippen LogP contribution >= 0.6 is 0 Å². The van der Waals surface area contributed by atoms with Crippen LogP contribution in [0.15, 0.2) is 59.4 Å². The molecule has 3 aromatic rings. The van der Waals surface area contributed by atoms with Gasteiger partial charge >= 0.3 is 0 Å². The summed E-state index contributed by atoms with van der Waals surface area (Å²) < 4.78 is 15.9. The lowest BCUT2D eigenvalue weighted by molar-refractivity contribution is 0.584. The molecule has 3 rings (SSSR count). The van der Waals surface area contributed by atoms with Crippen molar-refractivity contribution >= 4 is 10.9 Å². The molecule has 2 N–H and O–H groups in total. The van der Waals surface area contributed by atoms with Gasteiger partial charge in [-0.3, -0.25) is 4.79 Å². The predicted octanol–water partition coefficient (Wildman–Crippen LogP) is 2.65. The fourth-order valence-electron chi connectivity index (χ4n) is 2.49. The van der Waals surface area contributed by atoms with Crippen molar-refractivity contribution in [3.05, 3.63) is 81.9 Å². The average Bonchev–Trinajstić information content (AvgIpc) is 2.52. The van der Waals surface area contributed by atoms with E-state index in [0.717, 1.165) is 10.9 Å². The summed E-state index contributed by atoms with van der Waals surface area (Å²) in [6, 6.07) is 16.0. The minimum Gasteiger partial charge on any atom is -0.326 e. The van der Waals surface area contributed by atoms with E-state index < -0.39 is 0 Å². The van der Waals surface area contributed by atoms with Gasteiger partial charge in [-0.15, -0.1) is 0 Å². The van der Waals surface area contributed by atoms with Crippen LogP contribution < -0.4 is 11.3 Å². The van der Waals surface area contributed by atoms with Crippen LogP contribution in [0.1, 0.15) is 11.1 Å². The summed E-state index contributed by atoms with van der Waals surface area (Å²) in [5.41, 5.74) is 7.10. The van der Waals surface area contributed by atoms with Gasteiger partial charge in [0.2, 0.25) is 0 Å². The van der Waals surface area contributed by atoms with Crippen molar-refractivity contribution in [1.82, 2.24) is 4.57 Å². The van der Waals surface area contributed by atoms with Crippen molar-refractivity contribution in [3.8, 4) is 0 Å². The molecule has 21 heavy (non-hydrogen) atoms. The van der Waals surface area contributed by atoms with Gasteiger partial charge in [0.1, 0.15) is 5.82 Å². The zero-order valence-electron chi connectivity index (χ0n) is 11.4. The molecule has 0 bridgehead atoms. The van der Waals surface area contributed by atoms with Crippen LogP contribution in [0.5, 0.6) is 0 Å². The molecule has 1 heterocycles. The Morgan fingerprint density at radius 2 is 1.71 bits per heavy atom. The smallest absolute Gasteiger partial charge is 0.251 e. The molecule has 0 amide bonds. The number of pyridine rings is 1. The van der Waals surface area contributed by atoms with Crippen molar-refractivity contribution in [3.63, 3.8) is 0 Å². The van der Waals surface area contributed by atoms with Crippen molar-refractivity contribution in [2.45, 2.75) is 13.1 Å². The third kappa shape index (κ3) is 2.45. The molecule has 3 nitrogen and oxygen atoms in total. The van der Waals surface area contributed by atoms with E-state index >= 15 is 0 Å². The van der Waals surface area contributed by atoms with E-state index in [9.17, 15) is 9.18 Å². The van der Waals surface area contributed by atoms with Gasteiger partial charge in [-0.25, -0.2) is 4.39 Å². The highest BCUT2D eigenvalue weighted by Crippen LogP contribution is 2.16. The third-order valence-corrected chi connectivity index (χ3v) is 3.61. The van der Waals surface area contributed by atoms with Gasteiger partial charge in [-0.2, -0.15) is 0 Å². The van der Waals surface area contributed by atoms with E-state index in [1.54, 1.807) is 28.8 Å². The standard InChI is InChI=1S/C17H15FN2O/c18-17-13(10-19)5-3-6-14(17)11-20-15-7-2-1-4-12(15)8-9-16(20)21/h1-9H,10-11,19H2. The Hall–Kier alpha value is -2.46. The van der Waals surface area contributed by atoms with E-state index in [-0.39, 0.29) is 24.5 Å². The maximum Gasteiger partial charge on any atom is 0.251 e. The second kappa shape index (κ2) is 5.50. The van der Waals surface area contributed by atoms with Crippen LogP contribution in [0.3, 0.4) is 0 Å². The molecule has 0 fully saturated rings. The molecule has 0 atom stereocenters. The number of fused-ring (bicyclic) bond motifs is 1. The van der Waals surface area contributed by atoms with Crippen LogP contribution in [0.25, 0.3) is 10.9 Å². The highest BCUT2D eigenvalue weighted by Gasteiger charge is 2.09. The molecule has 4 heteroatoms. The van der Waals surface area contributed by atoms with Gasteiger partial charge in [0.25, 0.3) is 5.56 Å². The SMILES string of the molecule is NCc1cccc(Cn2c(=O)ccc3ccccc32)c1F. The number of nitrogens with two attached hydrogens (primary N) is 1. The Bertz CT molecular complexity index is 855. The summed E-state index contributed by atoms with van der Waals surface area (Å²) >= 11 is 0. The number of aromatic nitrogens is 1. The second-order valence-electron chi connectivity index (χ2n) is 4.91. The average molecular weight is 282 g/mol. The maximum atomic E-state index is 14.3. The Kier molecular flexibility index (Phi) is 3.54. The fraction of sp³-hybridized carbons (Fsp3) is 0.118. The van der Waals surface area contributed by atoms with Gasteiger partial charge < -0.3 is 10.3 Å². The van der Waals surface area contributed by atoms with E-state index in [1.807, 2.05) is 24.3 Å². The first-order valence-electron chi connectivity index (χ1n) is 6.75. The van der Waals surface area contributed by atoms with E-state index in [0.29, 0.717) is 11.1 Å². The van der Waals surface area contributed by atoms with Crippen molar-refractivity contribution in [1.29, 1.82) is 0 Å². The maximum absolute atomic E-state index is 14.3. The molecular weight excluding hydrogens is 267 g/mol. The normalized spacial score (nSPS) is 11.0. The van der Waals surface area contributed by atoms with Crippen LogP contribution in [0, 0.1) is 5.82 Å². The zero-order valence-corrected chi connectivity index (χ0v) is 11.4. The van der Waals surface area contributed by atoms with Crippen LogP contribution in [0.4, 0.5) is 4.39 Å². The summed E-state index contributed by atoms with van der Waals surface area (Å²) in [4.78, 5) is 12.1. The molecule has 0 aliphatic carbocycles. The lowest BCUT2D eigenvalue weighted by atomic mass is 10.1. The minimum atomic E-state index is -0.333. The largest absolute Gasteiger partial charge is 0.326 e. The fourth-order valence-corrected chi connectivity index (χ4v) is 2.49. The van der Waals surface area contributed by atoms with Crippen LogP contribution in [-0.2, 0) is 13.1 Å². The Labute approximate surface area is 121 Å². The summed E-state index contributed by atoms with van der Waals surface area (Å²) in [6.07, 6.45) is 0. The first-order valence-corrected chi connectivity index (χ1v) is 6.75. The minimum absolute atomic E-state index is 0.143. The summed E-state index contributed by atoms with van der Waals surface area (Å²) in [6.45, 7) is 0.337. The molecule has 0 spiro atoms. The van der Waals surface area contributed by atoms with Crippen LogP contribution in [0.2, 0.25) is 0 Å². The number of para-hydroxylation sites is 1. The zero-order chi connectivity index (χ0) is 14.8. The molecule has 0 saturated carbocycles. The molecule has 1 aromatic heterocycles. The number of hydrogen-bond acceptors (Lipinski definition) is 2. The quantitative estimate of drug-likeness (QED) is 0.803.